The summed E-state index contributed by atoms with van der Waals surface area (Å²) >= 11 is 1.59. The van der Waals surface area contributed by atoms with Crippen molar-refractivity contribution in [3.63, 3.8) is 0 Å². The highest BCUT2D eigenvalue weighted by atomic mass is 32.1. The first-order chi connectivity index (χ1) is 13.2. The van der Waals surface area contributed by atoms with E-state index in [0.29, 0.717) is 11.3 Å². The molecule has 1 N–H and O–H groups in total. The third-order valence-corrected chi connectivity index (χ3v) is 4.97. The van der Waals surface area contributed by atoms with Crippen LogP contribution in [0.15, 0.2) is 52.7 Å². The molecule has 0 aliphatic heterocycles. The van der Waals surface area contributed by atoms with Gasteiger partial charge in [0.05, 0.1) is 17.5 Å². The molecule has 0 radical (unpaired) electrons. The number of carbonyl (C=O) groups is 2. The third-order valence-electron chi connectivity index (χ3n) is 4.08. The number of furan rings is 1. The van der Waals surface area contributed by atoms with Crippen molar-refractivity contribution in [2.75, 3.05) is 0 Å². The van der Waals surface area contributed by atoms with Gasteiger partial charge in [0, 0.05) is 16.4 Å². The van der Waals surface area contributed by atoms with Crippen LogP contribution < -0.4 is 10.1 Å². The minimum absolute atomic E-state index is 0.00124. The summed E-state index contributed by atoms with van der Waals surface area (Å²) in [7, 11) is 0. The molecule has 0 unspecified atom stereocenters. The fourth-order valence-electron chi connectivity index (χ4n) is 2.35. The van der Waals surface area contributed by atoms with Crippen LogP contribution in [-0.2, 0) is 10.2 Å². The number of amides is 1. The molecule has 146 valence electrons. The van der Waals surface area contributed by atoms with Crippen molar-refractivity contribution in [3.05, 3.63) is 59.5 Å². The van der Waals surface area contributed by atoms with Crippen molar-refractivity contribution in [1.82, 2.24) is 10.3 Å². The van der Waals surface area contributed by atoms with Gasteiger partial charge in [-0.3, -0.25) is 4.79 Å². The molecule has 0 spiro atoms. The van der Waals surface area contributed by atoms with Crippen molar-refractivity contribution < 1.29 is 18.7 Å². The van der Waals surface area contributed by atoms with Crippen LogP contribution in [0.25, 0.3) is 10.6 Å². The van der Waals surface area contributed by atoms with Crippen LogP contribution in [0, 0.1) is 0 Å². The van der Waals surface area contributed by atoms with Gasteiger partial charge in [0.2, 0.25) is 0 Å². The lowest BCUT2D eigenvalue weighted by atomic mass is 9.93. The Hall–Kier alpha value is -2.93. The first-order valence-electron chi connectivity index (χ1n) is 8.85. The molecule has 3 aromatic rings. The van der Waals surface area contributed by atoms with Crippen molar-refractivity contribution in [2.45, 2.75) is 39.2 Å². The molecule has 0 saturated heterocycles. The smallest absolute Gasteiger partial charge is 0.333 e. The van der Waals surface area contributed by atoms with Crippen LogP contribution >= 0.6 is 11.3 Å². The molecule has 0 saturated carbocycles. The van der Waals surface area contributed by atoms with Crippen LogP contribution in [0.1, 0.15) is 43.7 Å². The Morgan fingerprint density at radius 3 is 2.46 bits per heavy atom. The molecule has 0 aliphatic rings. The number of esters is 1. The highest BCUT2D eigenvalue weighted by Gasteiger charge is 2.20. The standard InChI is InChI=1S/C21H22N2O4S/c1-13(22-18(24)15-9-10-26-11-15)20(25)27-16-7-5-14(6-8-16)19-23-17(12-28-19)21(2,3)4/h5-13H,1-4H3,(H,22,24)/t13-/m1/s1. The van der Waals surface area contributed by atoms with E-state index in [4.69, 9.17) is 9.15 Å². The molecule has 0 fully saturated rings. The summed E-state index contributed by atoms with van der Waals surface area (Å²) in [6.45, 7) is 7.95. The van der Waals surface area contributed by atoms with E-state index in [1.807, 2.05) is 12.1 Å². The van der Waals surface area contributed by atoms with Gasteiger partial charge in [-0.15, -0.1) is 11.3 Å². The maximum absolute atomic E-state index is 12.2. The average Bonchev–Trinajstić information content (AvgIpc) is 3.34. The van der Waals surface area contributed by atoms with Crippen molar-refractivity contribution in [3.8, 4) is 16.3 Å². The second-order valence-electron chi connectivity index (χ2n) is 7.44. The molecule has 1 atom stereocenters. The van der Waals surface area contributed by atoms with Crippen LogP contribution in [0.2, 0.25) is 0 Å². The summed E-state index contributed by atoms with van der Waals surface area (Å²) < 4.78 is 10.2. The van der Waals surface area contributed by atoms with Gasteiger partial charge in [-0.1, -0.05) is 20.8 Å². The minimum atomic E-state index is -0.796. The molecule has 1 amide bonds. The number of rotatable bonds is 5. The van der Waals surface area contributed by atoms with E-state index < -0.39 is 17.9 Å². The molecule has 0 aliphatic carbocycles. The summed E-state index contributed by atoms with van der Waals surface area (Å²) in [5.41, 5.74) is 2.36. The Kier molecular flexibility index (Phi) is 5.65. The number of aromatic nitrogens is 1. The van der Waals surface area contributed by atoms with E-state index in [-0.39, 0.29) is 5.41 Å². The van der Waals surface area contributed by atoms with E-state index in [0.717, 1.165) is 16.3 Å². The lowest BCUT2D eigenvalue weighted by Gasteiger charge is -2.14. The lowest BCUT2D eigenvalue weighted by molar-refractivity contribution is -0.136. The van der Waals surface area contributed by atoms with Crippen molar-refractivity contribution in [2.24, 2.45) is 0 Å². The van der Waals surface area contributed by atoms with Crippen LogP contribution in [0.3, 0.4) is 0 Å². The van der Waals surface area contributed by atoms with Crippen molar-refractivity contribution >= 4 is 23.2 Å². The predicted molar refractivity (Wildman–Crippen MR) is 108 cm³/mol. The first-order valence-corrected chi connectivity index (χ1v) is 9.73. The molecule has 2 aromatic heterocycles. The molecule has 28 heavy (non-hydrogen) atoms. The molecule has 1 aromatic carbocycles. The number of nitrogens with one attached hydrogen (secondary N) is 1. The zero-order valence-corrected chi connectivity index (χ0v) is 17.0. The van der Waals surface area contributed by atoms with Gasteiger partial charge in [0.15, 0.2) is 0 Å². The Morgan fingerprint density at radius 1 is 1.18 bits per heavy atom. The molecule has 6 nitrogen and oxygen atoms in total. The Balaban J connectivity index is 1.61. The van der Waals surface area contributed by atoms with E-state index >= 15 is 0 Å². The molecule has 3 rings (SSSR count). The Bertz CT molecular complexity index is 953. The number of nitrogens with zero attached hydrogens (tertiary/aromatic N) is 1. The lowest BCUT2D eigenvalue weighted by Crippen LogP contribution is -2.40. The Labute approximate surface area is 167 Å². The maximum Gasteiger partial charge on any atom is 0.333 e. The second kappa shape index (κ2) is 7.98. The fourth-order valence-corrected chi connectivity index (χ4v) is 3.41. The van der Waals surface area contributed by atoms with Gasteiger partial charge >= 0.3 is 5.97 Å². The molecular formula is C21H22N2O4S. The zero-order chi connectivity index (χ0) is 20.3. The van der Waals surface area contributed by atoms with Crippen molar-refractivity contribution in [1.29, 1.82) is 0 Å². The number of hydrogen-bond donors (Lipinski definition) is 1. The highest BCUT2D eigenvalue weighted by molar-refractivity contribution is 7.13. The van der Waals surface area contributed by atoms with Gasteiger partial charge < -0.3 is 14.5 Å². The van der Waals surface area contributed by atoms with E-state index in [1.165, 1.54) is 18.6 Å². The number of carbonyl (C=O) groups excluding carboxylic acids is 2. The van der Waals surface area contributed by atoms with Gasteiger partial charge in [-0.25, -0.2) is 9.78 Å². The highest BCUT2D eigenvalue weighted by Crippen LogP contribution is 2.30. The number of ether oxygens (including phenoxy) is 1. The summed E-state index contributed by atoms with van der Waals surface area (Å²) in [5, 5.41) is 5.56. The molecule has 2 heterocycles. The summed E-state index contributed by atoms with van der Waals surface area (Å²) in [6.07, 6.45) is 2.71. The van der Waals surface area contributed by atoms with Gasteiger partial charge in [0.1, 0.15) is 23.1 Å². The summed E-state index contributed by atoms with van der Waals surface area (Å²) in [6, 6.07) is 7.89. The second-order valence-corrected chi connectivity index (χ2v) is 8.30. The minimum Gasteiger partial charge on any atom is -0.472 e. The number of hydrogen-bond acceptors (Lipinski definition) is 6. The molecular weight excluding hydrogens is 376 g/mol. The maximum atomic E-state index is 12.2. The SMILES string of the molecule is C[C@@H](NC(=O)c1ccoc1)C(=O)Oc1ccc(-c2nc(C(C)(C)C)cs2)cc1. The zero-order valence-electron chi connectivity index (χ0n) is 16.2. The third kappa shape index (κ3) is 4.67. The molecule has 7 heteroatoms. The van der Waals surface area contributed by atoms with Crippen LogP contribution in [0.5, 0.6) is 5.75 Å². The van der Waals surface area contributed by atoms with Crippen LogP contribution in [0.4, 0.5) is 0 Å². The first kappa shape index (κ1) is 19.8. The Morgan fingerprint density at radius 2 is 1.89 bits per heavy atom. The van der Waals surface area contributed by atoms with Gasteiger partial charge in [0.25, 0.3) is 5.91 Å². The van der Waals surface area contributed by atoms with Gasteiger partial charge in [-0.2, -0.15) is 0 Å². The average molecular weight is 398 g/mol. The predicted octanol–water partition coefficient (Wildman–Crippen LogP) is 4.42. The fraction of sp³-hybridized carbons (Fsp3) is 0.286. The quantitative estimate of drug-likeness (QED) is 0.508. The summed E-state index contributed by atoms with van der Waals surface area (Å²) in [4.78, 5) is 28.9. The molecule has 0 bridgehead atoms. The number of thiazole rings is 1. The monoisotopic (exact) mass is 398 g/mol. The van der Waals surface area contributed by atoms with E-state index in [2.05, 4.69) is 36.5 Å². The normalized spacial score (nSPS) is 12.4. The van der Waals surface area contributed by atoms with E-state index in [1.54, 1.807) is 30.4 Å². The van der Waals surface area contributed by atoms with Gasteiger partial charge in [-0.05, 0) is 37.3 Å². The largest absolute Gasteiger partial charge is 0.472 e. The summed E-state index contributed by atoms with van der Waals surface area (Å²) in [5.74, 6) is -0.536. The number of benzene rings is 1. The van der Waals surface area contributed by atoms with Crippen LogP contribution in [-0.4, -0.2) is 22.9 Å². The topological polar surface area (TPSA) is 81.4 Å². The van der Waals surface area contributed by atoms with E-state index in [9.17, 15) is 9.59 Å².